The summed E-state index contributed by atoms with van der Waals surface area (Å²) in [6.07, 6.45) is 7.98. The summed E-state index contributed by atoms with van der Waals surface area (Å²) in [5, 5.41) is 3.04. The minimum absolute atomic E-state index is 0.0453. The molecule has 17 heavy (non-hydrogen) atoms. The van der Waals surface area contributed by atoms with Crippen LogP contribution in [0.1, 0.15) is 42.6 Å². The fraction of sp³-hybridized carbons (Fsp3) is 0.615. The highest BCUT2D eigenvalue weighted by molar-refractivity contribution is 5.92. The van der Waals surface area contributed by atoms with Crippen LogP contribution in [0.3, 0.4) is 0 Å². The summed E-state index contributed by atoms with van der Waals surface area (Å²) in [6.45, 7) is 0.525. The molecular weight excluding hydrogens is 214 g/mol. The summed E-state index contributed by atoms with van der Waals surface area (Å²) in [6, 6.07) is 3.72. The van der Waals surface area contributed by atoms with Crippen LogP contribution < -0.4 is 11.1 Å². The number of hydrogen-bond donors (Lipinski definition) is 3. The van der Waals surface area contributed by atoms with Gasteiger partial charge < -0.3 is 16.0 Å². The first-order valence-electron chi connectivity index (χ1n) is 6.45. The number of nitrogens with one attached hydrogen (secondary N) is 2. The normalized spacial score (nSPS) is 18.9. The Balaban J connectivity index is 1.92. The van der Waals surface area contributed by atoms with E-state index < -0.39 is 0 Å². The second-order valence-corrected chi connectivity index (χ2v) is 4.80. The molecule has 1 aliphatic rings. The van der Waals surface area contributed by atoms with Crippen LogP contribution in [-0.4, -0.2) is 23.5 Å². The Morgan fingerprint density at radius 2 is 2.24 bits per heavy atom. The van der Waals surface area contributed by atoms with E-state index in [-0.39, 0.29) is 11.9 Å². The molecule has 1 saturated carbocycles. The van der Waals surface area contributed by atoms with Gasteiger partial charge in [0.25, 0.3) is 5.91 Å². The number of aromatic amines is 1. The highest BCUT2D eigenvalue weighted by Gasteiger charge is 2.24. The molecule has 4 heteroatoms. The van der Waals surface area contributed by atoms with Crippen LogP contribution in [0.25, 0.3) is 0 Å². The molecule has 1 aliphatic carbocycles. The van der Waals surface area contributed by atoms with Gasteiger partial charge in [0, 0.05) is 18.8 Å². The third kappa shape index (κ3) is 3.09. The predicted molar refractivity (Wildman–Crippen MR) is 67.7 cm³/mol. The number of carbonyl (C=O) groups is 1. The summed E-state index contributed by atoms with van der Waals surface area (Å²) in [7, 11) is 0. The number of H-pyrrole nitrogens is 1. The molecule has 1 heterocycles. The zero-order valence-corrected chi connectivity index (χ0v) is 10.1. The van der Waals surface area contributed by atoms with Crippen molar-refractivity contribution < 1.29 is 4.79 Å². The van der Waals surface area contributed by atoms with Crippen LogP contribution in [0.15, 0.2) is 18.3 Å². The molecule has 1 unspecified atom stereocenters. The third-order valence-corrected chi connectivity index (χ3v) is 3.63. The molecule has 4 nitrogen and oxygen atoms in total. The number of aromatic nitrogens is 1. The molecule has 1 aromatic heterocycles. The number of hydrogen-bond acceptors (Lipinski definition) is 2. The minimum atomic E-state index is -0.0453. The van der Waals surface area contributed by atoms with Crippen molar-refractivity contribution in [2.45, 2.75) is 38.1 Å². The number of carbonyl (C=O) groups excluding carboxylic acids is 1. The van der Waals surface area contributed by atoms with E-state index in [9.17, 15) is 4.79 Å². The first-order chi connectivity index (χ1) is 8.31. The molecule has 2 rings (SSSR count). The van der Waals surface area contributed by atoms with Crippen LogP contribution in [0.2, 0.25) is 0 Å². The largest absolute Gasteiger partial charge is 0.357 e. The average Bonchev–Trinajstić information content (AvgIpc) is 2.90. The maximum atomic E-state index is 11.9. The molecule has 0 saturated heterocycles. The molecule has 0 aliphatic heterocycles. The van der Waals surface area contributed by atoms with Crippen molar-refractivity contribution in [1.82, 2.24) is 10.3 Å². The van der Waals surface area contributed by atoms with Crippen LogP contribution in [0, 0.1) is 5.92 Å². The van der Waals surface area contributed by atoms with Gasteiger partial charge in [-0.1, -0.05) is 19.3 Å². The van der Waals surface area contributed by atoms with Crippen molar-refractivity contribution in [2.75, 3.05) is 6.54 Å². The van der Waals surface area contributed by atoms with Crippen molar-refractivity contribution in [3.8, 4) is 0 Å². The van der Waals surface area contributed by atoms with E-state index in [1.165, 1.54) is 32.1 Å². The van der Waals surface area contributed by atoms with Gasteiger partial charge in [0.1, 0.15) is 5.69 Å². The molecule has 1 fully saturated rings. The van der Waals surface area contributed by atoms with Gasteiger partial charge in [0.15, 0.2) is 0 Å². The van der Waals surface area contributed by atoms with Gasteiger partial charge in [-0.3, -0.25) is 4.79 Å². The Morgan fingerprint density at radius 3 is 2.82 bits per heavy atom. The zero-order valence-electron chi connectivity index (χ0n) is 10.1. The van der Waals surface area contributed by atoms with Crippen molar-refractivity contribution in [3.63, 3.8) is 0 Å². The van der Waals surface area contributed by atoms with Gasteiger partial charge in [0.05, 0.1) is 0 Å². The Labute approximate surface area is 102 Å². The van der Waals surface area contributed by atoms with E-state index in [4.69, 9.17) is 5.73 Å². The van der Waals surface area contributed by atoms with Gasteiger partial charge in [-0.05, 0) is 30.9 Å². The van der Waals surface area contributed by atoms with Crippen LogP contribution in [0.4, 0.5) is 0 Å². The Morgan fingerprint density at radius 1 is 1.47 bits per heavy atom. The zero-order chi connectivity index (χ0) is 12.1. The van der Waals surface area contributed by atoms with Gasteiger partial charge in [-0.2, -0.15) is 0 Å². The summed E-state index contributed by atoms with van der Waals surface area (Å²) in [5.41, 5.74) is 6.39. The van der Waals surface area contributed by atoms with Gasteiger partial charge in [-0.15, -0.1) is 0 Å². The van der Waals surface area contributed by atoms with E-state index >= 15 is 0 Å². The lowest BCUT2D eigenvalue weighted by Gasteiger charge is -2.29. The minimum Gasteiger partial charge on any atom is -0.357 e. The molecule has 1 atom stereocenters. The van der Waals surface area contributed by atoms with Crippen molar-refractivity contribution >= 4 is 5.91 Å². The summed E-state index contributed by atoms with van der Waals surface area (Å²) >= 11 is 0. The van der Waals surface area contributed by atoms with E-state index in [1.807, 2.05) is 6.07 Å². The molecule has 1 aromatic rings. The molecule has 94 valence electrons. The highest BCUT2D eigenvalue weighted by Crippen LogP contribution is 2.26. The molecule has 0 bridgehead atoms. The summed E-state index contributed by atoms with van der Waals surface area (Å²) in [5.74, 6) is 0.503. The maximum Gasteiger partial charge on any atom is 0.267 e. The van der Waals surface area contributed by atoms with Crippen LogP contribution in [-0.2, 0) is 0 Å². The first-order valence-corrected chi connectivity index (χ1v) is 6.45. The van der Waals surface area contributed by atoms with Gasteiger partial charge in [0.2, 0.25) is 0 Å². The first kappa shape index (κ1) is 12.2. The molecule has 0 spiro atoms. The van der Waals surface area contributed by atoms with Crippen LogP contribution >= 0.6 is 0 Å². The fourth-order valence-electron chi connectivity index (χ4n) is 2.62. The predicted octanol–water partition coefficient (Wildman–Crippen LogP) is 1.65. The Bertz CT molecular complexity index is 342. The SMILES string of the molecule is NCC(NC(=O)c1ccc[nH]1)C1CCCCC1. The van der Waals surface area contributed by atoms with Gasteiger partial charge in [-0.25, -0.2) is 0 Å². The lowest BCUT2D eigenvalue weighted by Crippen LogP contribution is -2.46. The third-order valence-electron chi connectivity index (χ3n) is 3.63. The second kappa shape index (κ2) is 5.87. The Kier molecular flexibility index (Phi) is 4.20. The van der Waals surface area contributed by atoms with Gasteiger partial charge >= 0.3 is 0 Å². The average molecular weight is 235 g/mol. The fourth-order valence-corrected chi connectivity index (χ4v) is 2.62. The van der Waals surface area contributed by atoms with E-state index in [0.29, 0.717) is 18.2 Å². The quantitative estimate of drug-likeness (QED) is 0.742. The second-order valence-electron chi connectivity index (χ2n) is 4.80. The Hall–Kier alpha value is -1.29. The summed E-state index contributed by atoms with van der Waals surface area (Å²) in [4.78, 5) is 14.8. The molecule has 1 amide bonds. The molecule has 0 radical (unpaired) electrons. The van der Waals surface area contributed by atoms with Crippen LogP contribution in [0.5, 0.6) is 0 Å². The summed E-state index contributed by atoms with van der Waals surface area (Å²) < 4.78 is 0. The van der Waals surface area contributed by atoms with Crippen molar-refractivity contribution in [3.05, 3.63) is 24.0 Å². The smallest absolute Gasteiger partial charge is 0.267 e. The maximum absolute atomic E-state index is 11.9. The van der Waals surface area contributed by atoms with E-state index in [1.54, 1.807) is 12.3 Å². The van der Waals surface area contributed by atoms with E-state index in [0.717, 1.165) is 0 Å². The molecular formula is C13H21N3O. The standard InChI is InChI=1S/C13H21N3O/c14-9-12(10-5-2-1-3-6-10)16-13(17)11-7-4-8-15-11/h4,7-8,10,12,15H,1-3,5-6,9,14H2,(H,16,17). The number of rotatable bonds is 4. The number of nitrogens with two attached hydrogens (primary N) is 1. The molecule has 0 aromatic carbocycles. The lowest BCUT2D eigenvalue weighted by atomic mass is 9.84. The van der Waals surface area contributed by atoms with Crippen molar-refractivity contribution in [1.29, 1.82) is 0 Å². The number of amides is 1. The highest BCUT2D eigenvalue weighted by atomic mass is 16.1. The topological polar surface area (TPSA) is 70.9 Å². The lowest BCUT2D eigenvalue weighted by molar-refractivity contribution is 0.0911. The van der Waals surface area contributed by atoms with Crippen molar-refractivity contribution in [2.24, 2.45) is 11.7 Å². The monoisotopic (exact) mass is 235 g/mol. The molecule has 4 N–H and O–H groups in total. The van der Waals surface area contributed by atoms with E-state index in [2.05, 4.69) is 10.3 Å².